The van der Waals surface area contributed by atoms with Crippen LogP contribution in [-0.4, -0.2) is 51.5 Å². The van der Waals surface area contributed by atoms with Gasteiger partial charge in [0.25, 0.3) is 6.47 Å². The topological polar surface area (TPSA) is 95.1 Å². The first-order valence-electron chi connectivity index (χ1n) is 12.2. The maximum atomic E-state index is 12.3. The van der Waals surface area contributed by atoms with Gasteiger partial charge in [0.1, 0.15) is 19.3 Å². The second-order valence-electron chi connectivity index (χ2n) is 8.35. The van der Waals surface area contributed by atoms with Crippen LogP contribution in [0.25, 0.3) is 0 Å². The quantitative estimate of drug-likeness (QED) is 0.260. The molecule has 1 amide bonds. The van der Waals surface area contributed by atoms with Gasteiger partial charge in [-0.3, -0.25) is 9.59 Å². The van der Waals surface area contributed by atoms with Crippen molar-refractivity contribution in [3.8, 4) is 11.5 Å². The average Bonchev–Trinajstić information content (AvgIpc) is 3.42. The maximum Gasteiger partial charge on any atom is 0.295 e. The molecule has 0 aliphatic carbocycles. The molecule has 1 aromatic carbocycles. The molecule has 2 atom stereocenters. The molecule has 1 aromatic rings. The van der Waals surface area contributed by atoms with Gasteiger partial charge in [-0.2, -0.15) is 0 Å². The smallest absolute Gasteiger partial charge is 0.295 e. The molecule has 1 fully saturated rings. The lowest BCUT2D eigenvalue weighted by Crippen LogP contribution is -2.38. The third-order valence-corrected chi connectivity index (χ3v) is 5.59. The van der Waals surface area contributed by atoms with Gasteiger partial charge in [0.2, 0.25) is 5.91 Å². The molecule has 1 saturated heterocycles. The molecule has 2 heterocycles. The van der Waals surface area contributed by atoms with E-state index in [0.717, 1.165) is 24.8 Å². The van der Waals surface area contributed by atoms with Gasteiger partial charge in [-0.25, -0.2) is 0 Å². The summed E-state index contributed by atoms with van der Waals surface area (Å²) in [4.78, 5) is 22.7. The number of carbonyl (C=O) groups excluding carboxylic acids is 2. The first kappa shape index (κ1) is 26.9. The van der Waals surface area contributed by atoms with E-state index in [1.54, 1.807) is 0 Å². The minimum absolute atomic E-state index is 0.00792. The van der Waals surface area contributed by atoms with E-state index in [0.29, 0.717) is 37.6 Å². The predicted molar refractivity (Wildman–Crippen MR) is 126 cm³/mol. The molecule has 8 heteroatoms. The lowest BCUT2D eigenvalue weighted by atomic mass is 10.0. The molecular formula is C25H40N2O6. The Morgan fingerprint density at radius 2 is 1.85 bits per heavy atom. The van der Waals surface area contributed by atoms with E-state index in [9.17, 15) is 9.59 Å². The highest BCUT2D eigenvalue weighted by Crippen LogP contribution is 2.34. The van der Waals surface area contributed by atoms with Gasteiger partial charge >= 0.3 is 0 Å². The Morgan fingerprint density at radius 1 is 1.12 bits per heavy atom. The van der Waals surface area contributed by atoms with E-state index in [1.165, 1.54) is 38.8 Å². The first-order valence-corrected chi connectivity index (χ1v) is 12.2. The molecule has 0 spiro atoms. The van der Waals surface area contributed by atoms with Crippen molar-refractivity contribution in [2.45, 2.75) is 77.4 Å². The van der Waals surface area contributed by atoms with Crippen LogP contribution in [0.2, 0.25) is 0 Å². The fourth-order valence-electron chi connectivity index (χ4n) is 3.82. The summed E-state index contributed by atoms with van der Waals surface area (Å²) in [5, 5.41) is 6.22. The number of ether oxygens (including phenoxy) is 4. The van der Waals surface area contributed by atoms with Gasteiger partial charge in [-0.1, -0.05) is 38.7 Å². The number of hydrogen-bond donors (Lipinski definition) is 2. The van der Waals surface area contributed by atoms with Gasteiger partial charge < -0.3 is 29.6 Å². The van der Waals surface area contributed by atoms with E-state index >= 15 is 0 Å². The number of amides is 1. The maximum absolute atomic E-state index is 12.3. The fourth-order valence-corrected chi connectivity index (χ4v) is 3.82. The second kappa shape index (κ2) is 16.3. The molecule has 0 bridgehead atoms. The predicted octanol–water partition coefficient (Wildman–Crippen LogP) is 3.88. The van der Waals surface area contributed by atoms with Crippen LogP contribution in [0.3, 0.4) is 0 Å². The summed E-state index contributed by atoms with van der Waals surface area (Å²) in [7, 11) is 0. The van der Waals surface area contributed by atoms with Crippen LogP contribution in [0.15, 0.2) is 18.2 Å². The SMILES string of the molecule is C1CCNC1.CCCCCCCC(=O)NC(C)C(OCOC=O)c1ccc2c(c1)OCCO2. The second-order valence-corrected chi connectivity index (χ2v) is 8.35. The Morgan fingerprint density at radius 3 is 2.52 bits per heavy atom. The Balaban J connectivity index is 0.000000678. The summed E-state index contributed by atoms with van der Waals surface area (Å²) in [5.74, 6) is 1.32. The van der Waals surface area contributed by atoms with Crippen LogP contribution in [0, 0.1) is 0 Å². The summed E-state index contributed by atoms with van der Waals surface area (Å²) in [5.41, 5.74) is 0.814. The number of fused-ring (bicyclic) bond motifs is 1. The molecule has 33 heavy (non-hydrogen) atoms. The number of carbonyl (C=O) groups is 2. The number of rotatable bonds is 13. The van der Waals surface area contributed by atoms with Crippen molar-refractivity contribution in [2.75, 3.05) is 33.1 Å². The van der Waals surface area contributed by atoms with E-state index < -0.39 is 6.10 Å². The summed E-state index contributed by atoms with van der Waals surface area (Å²) < 4.78 is 21.6. The van der Waals surface area contributed by atoms with Gasteiger partial charge in [0, 0.05) is 6.42 Å². The van der Waals surface area contributed by atoms with E-state index in [2.05, 4.69) is 22.3 Å². The number of nitrogens with one attached hydrogen (secondary N) is 2. The summed E-state index contributed by atoms with van der Waals surface area (Å²) in [6, 6.07) is 5.23. The molecule has 2 aliphatic heterocycles. The minimum atomic E-state index is -0.486. The van der Waals surface area contributed by atoms with Crippen LogP contribution in [0.4, 0.5) is 0 Å². The van der Waals surface area contributed by atoms with Gasteiger partial charge in [-0.05, 0) is 57.0 Å². The summed E-state index contributed by atoms with van der Waals surface area (Å²) >= 11 is 0. The van der Waals surface area contributed by atoms with E-state index in [1.807, 2.05) is 25.1 Å². The molecule has 2 aliphatic rings. The van der Waals surface area contributed by atoms with Gasteiger partial charge in [0.15, 0.2) is 18.3 Å². The molecule has 2 unspecified atom stereocenters. The van der Waals surface area contributed by atoms with Crippen LogP contribution >= 0.6 is 0 Å². The monoisotopic (exact) mass is 464 g/mol. The molecular weight excluding hydrogens is 424 g/mol. The highest BCUT2D eigenvalue weighted by molar-refractivity contribution is 5.76. The van der Waals surface area contributed by atoms with E-state index in [4.69, 9.17) is 14.2 Å². The van der Waals surface area contributed by atoms with Crippen molar-refractivity contribution in [3.05, 3.63) is 23.8 Å². The molecule has 186 valence electrons. The third kappa shape index (κ3) is 10.4. The van der Waals surface area contributed by atoms with Crippen molar-refractivity contribution >= 4 is 12.4 Å². The molecule has 2 N–H and O–H groups in total. The van der Waals surface area contributed by atoms with Crippen LogP contribution in [0.5, 0.6) is 11.5 Å². The lowest BCUT2D eigenvalue weighted by Gasteiger charge is -2.27. The highest BCUT2D eigenvalue weighted by atomic mass is 16.7. The molecule has 8 nitrogen and oxygen atoms in total. The summed E-state index contributed by atoms with van der Waals surface area (Å²) in [6.45, 7) is 7.68. The van der Waals surface area contributed by atoms with Crippen LogP contribution in [-0.2, 0) is 19.1 Å². The average molecular weight is 465 g/mol. The first-order chi connectivity index (χ1) is 16.2. The Labute approximate surface area is 197 Å². The molecule has 0 saturated carbocycles. The van der Waals surface area contributed by atoms with Crippen molar-refractivity contribution < 1.29 is 28.5 Å². The number of unbranched alkanes of at least 4 members (excludes halogenated alkanes) is 4. The van der Waals surface area contributed by atoms with Crippen LogP contribution in [0.1, 0.15) is 76.9 Å². The zero-order valence-electron chi connectivity index (χ0n) is 20.1. The van der Waals surface area contributed by atoms with Gasteiger partial charge in [-0.15, -0.1) is 0 Å². The molecule has 0 radical (unpaired) electrons. The van der Waals surface area contributed by atoms with Crippen molar-refractivity contribution in [1.29, 1.82) is 0 Å². The lowest BCUT2D eigenvalue weighted by molar-refractivity contribution is -0.148. The zero-order chi connectivity index (χ0) is 23.7. The standard InChI is InChI=1S/C21H31NO6.C4H9N/c1-3-4-5-6-7-8-20(24)22-16(2)21(28-15-25-14-23)17-9-10-18-19(13-17)27-12-11-26-18;1-2-4-5-3-1/h9-10,13-14,16,21H,3-8,11-12,15H2,1-2H3,(H,22,24);5H,1-4H2. The summed E-state index contributed by atoms with van der Waals surface area (Å²) in [6.07, 6.45) is 8.26. The number of benzene rings is 1. The Bertz CT molecular complexity index is 688. The van der Waals surface area contributed by atoms with Crippen molar-refractivity contribution in [2.24, 2.45) is 0 Å². The van der Waals surface area contributed by atoms with Crippen molar-refractivity contribution in [1.82, 2.24) is 10.6 Å². The zero-order valence-corrected chi connectivity index (χ0v) is 20.1. The van der Waals surface area contributed by atoms with E-state index in [-0.39, 0.29) is 18.7 Å². The van der Waals surface area contributed by atoms with Crippen LogP contribution < -0.4 is 20.1 Å². The normalized spacial score (nSPS) is 16.2. The molecule has 0 aromatic heterocycles. The number of hydrogen-bond acceptors (Lipinski definition) is 7. The minimum Gasteiger partial charge on any atom is -0.486 e. The van der Waals surface area contributed by atoms with Crippen molar-refractivity contribution in [3.63, 3.8) is 0 Å². The Hall–Kier alpha value is -2.32. The van der Waals surface area contributed by atoms with Gasteiger partial charge in [0.05, 0.1) is 6.04 Å². The fraction of sp³-hybridized carbons (Fsp3) is 0.680. The molecule has 3 rings (SSSR count). The largest absolute Gasteiger partial charge is 0.486 e. The highest BCUT2D eigenvalue weighted by Gasteiger charge is 2.24. The Kier molecular flexibility index (Phi) is 13.3. The third-order valence-electron chi connectivity index (χ3n) is 5.59.